The van der Waals surface area contributed by atoms with Crippen LogP contribution >= 0.6 is 11.6 Å². The first-order chi connectivity index (χ1) is 14.0. The Balaban J connectivity index is 1.37. The van der Waals surface area contributed by atoms with Crippen LogP contribution < -0.4 is 25.2 Å². The second-order valence-corrected chi connectivity index (χ2v) is 7.12. The monoisotopic (exact) mass is 415 g/mol. The Bertz CT molecular complexity index is 980. The molecule has 0 aromatic heterocycles. The largest absolute Gasteiger partial charge is 0.486 e. The number of fused-ring (bicyclic) bond motifs is 1. The smallest absolute Gasteiger partial charge is 0.269 e. The lowest BCUT2D eigenvalue weighted by Gasteiger charge is -2.22. The topological polar surface area (TPSA) is 97.0 Å². The van der Waals surface area contributed by atoms with Gasteiger partial charge < -0.3 is 14.4 Å². The number of carbonyl (C=O) groups excluding carboxylic acids is 3. The molecule has 1 saturated heterocycles. The molecular weight excluding hydrogens is 398 g/mol. The molecule has 0 bridgehead atoms. The predicted octanol–water partition coefficient (Wildman–Crippen LogP) is 1.93. The zero-order chi connectivity index (χ0) is 20.4. The number of nitrogens with zero attached hydrogens (tertiary/aromatic N) is 1. The summed E-state index contributed by atoms with van der Waals surface area (Å²) in [7, 11) is 0. The van der Waals surface area contributed by atoms with Gasteiger partial charge in [-0.3, -0.25) is 25.2 Å². The van der Waals surface area contributed by atoms with E-state index in [2.05, 4.69) is 10.9 Å². The molecule has 1 atom stereocenters. The van der Waals surface area contributed by atoms with Crippen molar-refractivity contribution in [1.29, 1.82) is 0 Å². The number of carbonyl (C=O) groups is 3. The van der Waals surface area contributed by atoms with E-state index in [1.807, 2.05) is 0 Å². The Hall–Kier alpha value is -3.26. The first-order valence-electron chi connectivity index (χ1n) is 9.07. The lowest BCUT2D eigenvalue weighted by atomic mass is 10.1. The van der Waals surface area contributed by atoms with Gasteiger partial charge in [0.15, 0.2) is 11.5 Å². The van der Waals surface area contributed by atoms with Crippen molar-refractivity contribution in [3.05, 3.63) is 53.1 Å². The molecule has 0 radical (unpaired) electrons. The summed E-state index contributed by atoms with van der Waals surface area (Å²) < 4.78 is 11.0. The van der Waals surface area contributed by atoms with Crippen LogP contribution in [-0.4, -0.2) is 37.5 Å². The average Bonchev–Trinajstić information content (AvgIpc) is 3.13. The van der Waals surface area contributed by atoms with Crippen LogP contribution in [0.1, 0.15) is 16.8 Å². The summed E-state index contributed by atoms with van der Waals surface area (Å²) in [5.41, 5.74) is 5.68. The Morgan fingerprint density at radius 3 is 2.62 bits per heavy atom. The van der Waals surface area contributed by atoms with Crippen LogP contribution in [0.4, 0.5) is 5.69 Å². The molecule has 0 saturated carbocycles. The normalized spacial score (nSPS) is 17.8. The zero-order valence-electron chi connectivity index (χ0n) is 15.3. The number of ether oxygens (including phenoxy) is 2. The maximum absolute atomic E-state index is 12.4. The Labute approximate surface area is 171 Å². The summed E-state index contributed by atoms with van der Waals surface area (Å²) >= 11 is 5.86. The maximum Gasteiger partial charge on any atom is 0.269 e. The standard InChI is InChI=1S/C20H18ClN3O5/c21-14-3-1-2-12(8-14)19(26)22-23-20(27)13-9-18(25)24(11-13)15-4-5-16-17(10-15)29-7-6-28-16/h1-5,8,10,13H,6-7,9,11H2,(H,22,26)(H,23,27)/t13-/m1/s1. The SMILES string of the molecule is O=C(NNC(=O)[C@@H]1CC(=O)N(c2ccc3c(c2)OCCO3)C1)c1cccc(Cl)c1. The summed E-state index contributed by atoms with van der Waals surface area (Å²) in [5, 5.41) is 0.417. The highest BCUT2D eigenvalue weighted by molar-refractivity contribution is 6.31. The van der Waals surface area contributed by atoms with E-state index in [-0.39, 0.29) is 18.9 Å². The third-order valence-corrected chi connectivity index (χ3v) is 4.95. The summed E-state index contributed by atoms with van der Waals surface area (Å²) in [4.78, 5) is 38.5. The molecule has 0 spiro atoms. The highest BCUT2D eigenvalue weighted by atomic mass is 35.5. The van der Waals surface area contributed by atoms with Crippen molar-refractivity contribution in [2.45, 2.75) is 6.42 Å². The van der Waals surface area contributed by atoms with Gasteiger partial charge in [-0.1, -0.05) is 17.7 Å². The van der Waals surface area contributed by atoms with E-state index < -0.39 is 17.7 Å². The highest BCUT2D eigenvalue weighted by Gasteiger charge is 2.35. The number of nitrogens with one attached hydrogen (secondary N) is 2. The number of anilines is 1. The minimum Gasteiger partial charge on any atom is -0.486 e. The van der Waals surface area contributed by atoms with Crippen LogP contribution in [0.15, 0.2) is 42.5 Å². The van der Waals surface area contributed by atoms with Crippen molar-refractivity contribution in [2.75, 3.05) is 24.7 Å². The van der Waals surface area contributed by atoms with Crippen molar-refractivity contribution < 1.29 is 23.9 Å². The lowest BCUT2D eigenvalue weighted by Crippen LogP contribution is -2.45. The third-order valence-electron chi connectivity index (χ3n) is 4.72. The van der Waals surface area contributed by atoms with E-state index in [9.17, 15) is 14.4 Å². The van der Waals surface area contributed by atoms with Crippen LogP contribution in [-0.2, 0) is 9.59 Å². The molecule has 1 fully saturated rings. The Morgan fingerprint density at radius 1 is 1.03 bits per heavy atom. The van der Waals surface area contributed by atoms with Gasteiger partial charge in [-0.25, -0.2) is 0 Å². The van der Waals surface area contributed by atoms with Crippen LogP contribution in [0.3, 0.4) is 0 Å². The summed E-state index contributed by atoms with van der Waals surface area (Å²) in [6, 6.07) is 11.6. The van der Waals surface area contributed by atoms with Gasteiger partial charge in [-0.15, -0.1) is 0 Å². The molecule has 0 aliphatic carbocycles. The molecule has 8 nitrogen and oxygen atoms in total. The summed E-state index contributed by atoms with van der Waals surface area (Å²) in [6.07, 6.45) is 0.0489. The number of halogens is 1. The van der Waals surface area contributed by atoms with Crippen molar-refractivity contribution >= 4 is 35.0 Å². The van der Waals surface area contributed by atoms with Gasteiger partial charge in [0.05, 0.1) is 5.92 Å². The van der Waals surface area contributed by atoms with Crippen LogP contribution in [0.2, 0.25) is 5.02 Å². The van der Waals surface area contributed by atoms with Gasteiger partial charge in [0.2, 0.25) is 11.8 Å². The fraction of sp³-hybridized carbons (Fsp3) is 0.250. The minimum atomic E-state index is -0.588. The van der Waals surface area contributed by atoms with E-state index >= 15 is 0 Å². The van der Waals surface area contributed by atoms with Gasteiger partial charge in [0.25, 0.3) is 5.91 Å². The van der Waals surface area contributed by atoms with Crippen molar-refractivity contribution in [3.8, 4) is 11.5 Å². The number of rotatable bonds is 3. The molecule has 2 heterocycles. The van der Waals surface area contributed by atoms with Crippen molar-refractivity contribution in [3.63, 3.8) is 0 Å². The highest BCUT2D eigenvalue weighted by Crippen LogP contribution is 2.35. The predicted molar refractivity (Wildman–Crippen MR) is 105 cm³/mol. The fourth-order valence-corrected chi connectivity index (χ4v) is 3.45. The van der Waals surface area contributed by atoms with Gasteiger partial charge in [0.1, 0.15) is 13.2 Å². The van der Waals surface area contributed by atoms with E-state index in [1.165, 1.54) is 11.0 Å². The van der Waals surface area contributed by atoms with Gasteiger partial charge in [-0.05, 0) is 30.3 Å². The quantitative estimate of drug-likeness (QED) is 0.746. The number of hydrazine groups is 1. The number of amides is 3. The van der Waals surface area contributed by atoms with E-state index in [0.29, 0.717) is 41.0 Å². The van der Waals surface area contributed by atoms with Gasteiger partial charge >= 0.3 is 0 Å². The molecule has 2 aliphatic rings. The fourth-order valence-electron chi connectivity index (χ4n) is 3.25. The molecule has 2 aromatic carbocycles. The average molecular weight is 416 g/mol. The second kappa shape index (κ2) is 8.00. The molecule has 2 N–H and O–H groups in total. The number of benzene rings is 2. The molecule has 29 heavy (non-hydrogen) atoms. The molecule has 0 unspecified atom stereocenters. The number of hydrogen-bond acceptors (Lipinski definition) is 5. The zero-order valence-corrected chi connectivity index (χ0v) is 16.1. The number of hydrogen-bond donors (Lipinski definition) is 2. The summed E-state index contributed by atoms with van der Waals surface area (Å²) in [6.45, 7) is 1.14. The molecular formula is C20H18ClN3O5. The first-order valence-corrected chi connectivity index (χ1v) is 9.45. The van der Waals surface area contributed by atoms with Crippen LogP contribution in [0, 0.1) is 5.92 Å². The third kappa shape index (κ3) is 4.12. The molecule has 2 aliphatic heterocycles. The van der Waals surface area contributed by atoms with E-state index in [4.69, 9.17) is 21.1 Å². The lowest BCUT2D eigenvalue weighted by molar-refractivity contribution is -0.126. The maximum atomic E-state index is 12.4. The van der Waals surface area contributed by atoms with Crippen molar-refractivity contribution in [1.82, 2.24) is 10.9 Å². The minimum absolute atomic E-state index is 0.0489. The van der Waals surface area contributed by atoms with Gasteiger partial charge in [0, 0.05) is 35.3 Å². The second-order valence-electron chi connectivity index (χ2n) is 6.69. The molecule has 3 amide bonds. The molecule has 4 rings (SSSR count). The molecule has 9 heteroatoms. The van der Waals surface area contributed by atoms with Crippen molar-refractivity contribution in [2.24, 2.45) is 5.92 Å². The van der Waals surface area contributed by atoms with Gasteiger partial charge in [-0.2, -0.15) is 0 Å². The first kappa shape index (κ1) is 19.1. The Kier molecular flexibility index (Phi) is 5.26. The van der Waals surface area contributed by atoms with E-state index in [0.717, 1.165) is 0 Å². The molecule has 2 aromatic rings. The van der Waals surface area contributed by atoms with E-state index in [1.54, 1.807) is 36.4 Å². The Morgan fingerprint density at radius 2 is 1.83 bits per heavy atom. The van der Waals surface area contributed by atoms with Crippen LogP contribution in [0.25, 0.3) is 0 Å². The summed E-state index contributed by atoms with van der Waals surface area (Å²) in [5.74, 6) is -0.492. The van der Waals surface area contributed by atoms with Crippen LogP contribution in [0.5, 0.6) is 11.5 Å². The molecule has 150 valence electrons.